The fourth-order valence-electron chi connectivity index (χ4n) is 6.32. The number of benzene rings is 6. The molecule has 3 heterocycles. The minimum Gasteiger partial charge on any atom is -0.422 e. The fraction of sp³-hybridized carbons (Fsp3) is 0. The summed E-state index contributed by atoms with van der Waals surface area (Å²) in [5.74, 6) is 1.83. The van der Waals surface area contributed by atoms with Crippen molar-refractivity contribution in [2.24, 2.45) is 0 Å². The highest BCUT2D eigenvalue weighted by atomic mass is 16.4. The molecule has 9 rings (SSSR count). The Labute approximate surface area is 262 Å². The lowest BCUT2D eigenvalue weighted by Gasteiger charge is -2.11. The zero-order valence-electron chi connectivity index (χ0n) is 24.5. The van der Waals surface area contributed by atoms with Crippen molar-refractivity contribution >= 4 is 43.5 Å². The summed E-state index contributed by atoms with van der Waals surface area (Å²) in [5.41, 5.74) is 5.90. The van der Waals surface area contributed by atoms with Gasteiger partial charge in [-0.1, -0.05) is 97.1 Å². The predicted molar refractivity (Wildman–Crippen MR) is 184 cm³/mol. The number of fused-ring (bicyclic) bond motifs is 6. The molecule has 0 unspecified atom stereocenters. The van der Waals surface area contributed by atoms with Crippen molar-refractivity contribution in [2.75, 3.05) is 0 Å². The monoisotopic (exact) mass is 592 g/mol. The average molecular weight is 593 g/mol. The molecule has 9 aromatic rings. The Morgan fingerprint density at radius 1 is 0.435 bits per heavy atom. The standard InChI is InChI=1S/C40H24N4O2/c45-40-33-24-35-32(23-31(33)30-16-8-10-18-36(30)46-40)29-15-7-9-17-34(29)44(35)28-21-19-27(20-22-28)39-42-37(25-11-3-1-4-12-25)41-38(43-39)26-13-5-2-6-14-26/h1-24H. The summed E-state index contributed by atoms with van der Waals surface area (Å²) in [6.45, 7) is 0. The van der Waals surface area contributed by atoms with E-state index in [2.05, 4.69) is 34.9 Å². The van der Waals surface area contributed by atoms with Crippen molar-refractivity contribution < 1.29 is 4.42 Å². The molecule has 0 N–H and O–H groups in total. The molecule has 0 saturated heterocycles. The van der Waals surface area contributed by atoms with Gasteiger partial charge in [-0.25, -0.2) is 19.7 Å². The van der Waals surface area contributed by atoms with Crippen molar-refractivity contribution in [1.29, 1.82) is 0 Å². The van der Waals surface area contributed by atoms with Crippen LogP contribution >= 0.6 is 0 Å². The third-order valence-electron chi connectivity index (χ3n) is 8.49. The first kappa shape index (κ1) is 26.0. The summed E-state index contributed by atoms with van der Waals surface area (Å²) in [4.78, 5) is 27.8. The Bertz CT molecular complexity index is 2590. The second-order valence-electron chi connectivity index (χ2n) is 11.2. The Morgan fingerprint density at radius 2 is 0.978 bits per heavy atom. The molecule has 0 fully saturated rings. The summed E-state index contributed by atoms with van der Waals surface area (Å²) in [7, 11) is 0. The van der Waals surface area contributed by atoms with Crippen LogP contribution in [-0.2, 0) is 0 Å². The summed E-state index contributed by atoms with van der Waals surface area (Å²) in [5, 5.41) is 4.54. The van der Waals surface area contributed by atoms with Gasteiger partial charge in [0.05, 0.1) is 16.4 Å². The first-order chi connectivity index (χ1) is 22.7. The minimum atomic E-state index is -0.346. The predicted octanol–water partition coefficient (Wildman–Crippen LogP) is 9.23. The Morgan fingerprint density at radius 3 is 1.63 bits per heavy atom. The van der Waals surface area contributed by atoms with E-state index < -0.39 is 0 Å². The smallest absolute Gasteiger partial charge is 0.344 e. The van der Waals surface area contributed by atoms with Gasteiger partial charge in [0.25, 0.3) is 0 Å². The number of hydrogen-bond acceptors (Lipinski definition) is 5. The highest BCUT2D eigenvalue weighted by Gasteiger charge is 2.17. The van der Waals surface area contributed by atoms with Gasteiger partial charge in [-0.15, -0.1) is 0 Å². The molecule has 0 atom stereocenters. The Hall–Kier alpha value is -6.40. The number of nitrogens with zero attached hydrogens (tertiary/aromatic N) is 4. The van der Waals surface area contributed by atoms with Gasteiger partial charge < -0.3 is 8.98 Å². The molecule has 0 bridgehead atoms. The first-order valence-corrected chi connectivity index (χ1v) is 15.1. The second-order valence-corrected chi connectivity index (χ2v) is 11.2. The molecule has 0 radical (unpaired) electrons. The molecule has 0 saturated carbocycles. The van der Waals surface area contributed by atoms with Crippen LogP contribution in [0.4, 0.5) is 0 Å². The Balaban J connectivity index is 1.22. The molecule has 3 aromatic heterocycles. The van der Waals surface area contributed by atoms with Crippen molar-refractivity contribution in [2.45, 2.75) is 0 Å². The molecule has 0 aliphatic carbocycles. The summed E-state index contributed by atoms with van der Waals surface area (Å²) >= 11 is 0. The van der Waals surface area contributed by atoms with E-state index in [0.717, 1.165) is 55.0 Å². The quantitative estimate of drug-likeness (QED) is 0.150. The number of para-hydroxylation sites is 2. The largest absolute Gasteiger partial charge is 0.422 e. The van der Waals surface area contributed by atoms with Crippen molar-refractivity contribution in [1.82, 2.24) is 19.5 Å². The van der Waals surface area contributed by atoms with E-state index in [-0.39, 0.29) is 5.63 Å². The molecule has 6 nitrogen and oxygen atoms in total. The van der Waals surface area contributed by atoms with Gasteiger partial charge in [-0.05, 0) is 48.5 Å². The van der Waals surface area contributed by atoms with E-state index in [9.17, 15) is 4.79 Å². The molecule has 0 aliphatic heterocycles. The van der Waals surface area contributed by atoms with Crippen LogP contribution in [0.3, 0.4) is 0 Å². The van der Waals surface area contributed by atoms with Crippen LogP contribution in [0.15, 0.2) is 155 Å². The highest BCUT2D eigenvalue weighted by Crippen LogP contribution is 2.36. The highest BCUT2D eigenvalue weighted by molar-refractivity contribution is 6.17. The van der Waals surface area contributed by atoms with E-state index in [1.54, 1.807) is 0 Å². The van der Waals surface area contributed by atoms with Crippen LogP contribution < -0.4 is 5.63 Å². The van der Waals surface area contributed by atoms with Gasteiger partial charge >= 0.3 is 5.63 Å². The van der Waals surface area contributed by atoms with Gasteiger partial charge in [-0.3, -0.25) is 0 Å². The fourth-order valence-corrected chi connectivity index (χ4v) is 6.32. The molecule has 0 aliphatic rings. The van der Waals surface area contributed by atoms with Crippen molar-refractivity contribution in [3.8, 4) is 39.9 Å². The maximum absolute atomic E-state index is 13.2. The van der Waals surface area contributed by atoms with Gasteiger partial charge in [0.1, 0.15) is 5.58 Å². The van der Waals surface area contributed by atoms with E-state index in [4.69, 9.17) is 19.4 Å². The third-order valence-corrected chi connectivity index (χ3v) is 8.49. The van der Waals surface area contributed by atoms with Crippen LogP contribution in [0.1, 0.15) is 0 Å². The van der Waals surface area contributed by atoms with Crippen LogP contribution in [0.2, 0.25) is 0 Å². The van der Waals surface area contributed by atoms with Crippen molar-refractivity contribution in [3.63, 3.8) is 0 Å². The molecule has 216 valence electrons. The zero-order valence-corrected chi connectivity index (χ0v) is 24.5. The van der Waals surface area contributed by atoms with Crippen LogP contribution in [0, 0.1) is 0 Å². The number of hydrogen-bond donors (Lipinski definition) is 0. The molecular formula is C40H24N4O2. The summed E-state index contributed by atoms with van der Waals surface area (Å²) in [6.07, 6.45) is 0. The van der Waals surface area contributed by atoms with Crippen LogP contribution in [0.25, 0.3) is 83.4 Å². The van der Waals surface area contributed by atoms with Gasteiger partial charge in [-0.2, -0.15) is 0 Å². The topological polar surface area (TPSA) is 73.8 Å². The Kier molecular flexibility index (Phi) is 5.86. The SMILES string of the molecule is O=c1oc2ccccc2c2cc3c4ccccc4n(-c4ccc(-c5nc(-c6ccccc6)nc(-c6ccccc6)n5)cc4)c3cc12. The normalized spacial score (nSPS) is 11.6. The third kappa shape index (κ3) is 4.19. The molecule has 0 spiro atoms. The lowest BCUT2D eigenvalue weighted by atomic mass is 10.0. The molecular weight excluding hydrogens is 568 g/mol. The first-order valence-electron chi connectivity index (χ1n) is 15.1. The maximum atomic E-state index is 13.2. The second kappa shape index (κ2) is 10.4. The average Bonchev–Trinajstić information content (AvgIpc) is 3.45. The number of aromatic nitrogens is 4. The van der Waals surface area contributed by atoms with E-state index >= 15 is 0 Å². The molecule has 6 heteroatoms. The van der Waals surface area contributed by atoms with Gasteiger partial charge in [0.2, 0.25) is 0 Å². The summed E-state index contributed by atoms with van der Waals surface area (Å²) in [6, 6.07) is 48.2. The van der Waals surface area contributed by atoms with Crippen LogP contribution in [0.5, 0.6) is 0 Å². The van der Waals surface area contributed by atoms with Crippen molar-refractivity contribution in [3.05, 3.63) is 156 Å². The lowest BCUT2D eigenvalue weighted by Crippen LogP contribution is -2.01. The molecule has 46 heavy (non-hydrogen) atoms. The van der Waals surface area contributed by atoms with Gasteiger partial charge in [0, 0.05) is 43.9 Å². The van der Waals surface area contributed by atoms with Crippen LogP contribution in [-0.4, -0.2) is 19.5 Å². The zero-order chi connectivity index (χ0) is 30.6. The molecule has 0 amide bonds. The maximum Gasteiger partial charge on any atom is 0.344 e. The van der Waals surface area contributed by atoms with E-state index in [1.165, 1.54) is 0 Å². The van der Waals surface area contributed by atoms with E-state index in [0.29, 0.717) is 28.4 Å². The number of rotatable bonds is 4. The minimum absolute atomic E-state index is 0.346. The molecule has 6 aromatic carbocycles. The summed E-state index contributed by atoms with van der Waals surface area (Å²) < 4.78 is 7.90. The van der Waals surface area contributed by atoms with Gasteiger partial charge in [0.15, 0.2) is 17.5 Å². The lowest BCUT2D eigenvalue weighted by molar-refractivity contribution is 0.570. The van der Waals surface area contributed by atoms with E-state index in [1.807, 2.05) is 115 Å².